The first-order valence-corrected chi connectivity index (χ1v) is 28.1. The first-order chi connectivity index (χ1) is 39.1. The van der Waals surface area contributed by atoms with Crippen molar-refractivity contribution in [2.45, 2.75) is 59.7 Å². The number of amides is 3. The van der Waals surface area contributed by atoms with Crippen LogP contribution in [0.4, 0.5) is 30.2 Å². The molecule has 0 saturated carbocycles. The number of benzene rings is 3. The zero-order chi connectivity index (χ0) is 56.9. The van der Waals surface area contributed by atoms with Crippen LogP contribution >= 0.6 is 34.0 Å². The zero-order valence-corrected chi connectivity index (χ0v) is 46.7. The number of pyridine rings is 2. The molecule has 0 aliphatic carbocycles. The van der Waals surface area contributed by atoms with Gasteiger partial charge >= 0.3 is 0 Å². The Labute approximate surface area is 474 Å². The molecule has 0 aliphatic heterocycles. The van der Waals surface area contributed by atoms with Crippen molar-refractivity contribution >= 4 is 102 Å². The summed E-state index contributed by atoms with van der Waals surface area (Å²) in [5.41, 5.74) is 6.52. The summed E-state index contributed by atoms with van der Waals surface area (Å²) in [7, 11) is 0. The fraction of sp³-hybridized carbons (Fsp3) is 0.153. The number of nitrogens with zero attached hydrogens (tertiary/aromatic N) is 10. The lowest BCUT2D eigenvalue weighted by molar-refractivity contribution is 0.101. The van der Waals surface area contributed by atoms with E-state index in [0.717, 1.165) is 31.4 Å². The van der Waals surface area contributed by atoms with Gasteiger partial charge < -0.3 is 20.5 Å². The predicted octanol–water partition coefficient (Wildman–Crippen LogP) is 14.8. The van der Waals surface area contributed by atoms with Crippen LogP contribution in [0.15, 0.2) is 156 Å². The fourth-order valence-electron chi connectivity index (χ4n) is 8.45. The molecule has 3 amide bonds. The molecule has 16 nitrogen and oxygen atoms in total. The Morgan fingerprint density at radius 1 is 0.494 bits per heavy atom. The number of hydrogen-bond donors (Lipinski definition) is 3. The standard InChI is InChI=1S/C21H18FN3OS.2C19H16FN5OS/c1-13(2)25-10-9-16-17(21(26)23-15-7-5-14(22)6-8-15)12-18(24-20(16)25)19-4-3-11-27-19;1-11(2)25-18-17(23-24-25)14(10-15(22-18)16-4-3-9-27-16)19(26)21-13-7-5-12(20)6-8-13;1-11(2)25-18-14(10-21-25)16(23-17(24-18)15-4-3-9-27-15)19(26)22-13-7-5-12(20)6-8-13/h3-13H,1-2H3,(H,23,26);3-11H,1-2H3,(H,21,26);3-11H,1-2H3,(H,22,26). The highest BCUT2D eigenvalue weighted by Crippen LogP contribution is 2.32. The van der Waals surface area contributed by atoms with Crippen LogP contribution in [-0.2, 0) is 0 Å². The molecule has 81 heavy (non-hydrogen) atoms. The summed E-state index contributed by atoms with van der Waals surface area (Å²) in [5, 5.41) is 28.3. The SMILES string of the molecule is CC(C)n1ccc2c(C(=O)Nc3ccc(F)cc3)cc(-c3cccs3)nc21.CC(C)n1ncc2c(C(=O)Nc3ccc(F)cc3)nc(-c3cccs3)nc21.CC(C)n1nnc2c(C(=O)Nc3ccc(F)cc3)cc(-c3cccs3)nc21. The van der Waals surface area contributed by atoms with E-state index in [2.05, 4.69) is 64.7 Å². The second kappa shape index (κ2) is 24.0. The van der Waals surface area contributed by atoms with E-state index in [9.17, 15) is 27.6 Å². The van der Waals surface area contributed by atoms with Crippen molar-refractivity contribution in [1.29, 1.82) is 0 Å². The average Bonchev–Trinajstić information content (AvgIpc) is 4.50. The van der Waals surface area contributed by atoms with Crippen molar-refractivity contribution in [2.24, 2.45) is 0 Å². The van der Waals surface area contributed by atoms with E-state index in [0.29, 0.717) is 61.9 Å². The number of rotatable bonds is 12. The summed E-state index contributed by atoms with van der Waals surface area (Å²) in [6, 6.07) is 34.4. The van der Waals surface area contributed by atoms with Crippen LogP contribution in [0.1, 0.15) is 90.9 Å². The maximum absolute atomic E-state index is 13.1. The predicted molar refractivity (Wildman–Crippen MR) is 315 cm³/mol. The number of thiophene rings is 3. The second-order valence-electron chi connectivity index (χ2n) is 19.1. The van der Waals surface area contributed by atoms with E-state index in [1.807, 2.05) is 98.6 Å². The Kier molecular flexibility index (Phi) is 16.3. The van der Waals surface area contributed by atoms with Crippen LogP contribution in [0.25, 0.3) is 65.1 Å². The summed E-state index contributed by atoms with van der Waals surface area (Å²) in [4.78, 5) is 60.2. The highest BCUT2D eigenvalue weighted by Gasteiger charge is 2.23. The van der Waals surface area contributed by atoms with Crippen LogP contribution < -0.4 is 16.0 Å². The Morgan fingerprint density at radius 3 is 1.47 bits per heavy atom. The summed E-state index contributed by atoms with van der Waals surface area (Å²) < 4.78 is 44.8. The molecule has 22 heteroatoms. The van der Waals surface area contributed by atoms with Gasteiger partial charge in [-0.25, -0.2) is 42.5 Å². The molecule has 0 atom stereocenters. The topological polar surface area (TPSA) is 192 Å². The lowest BCUT2D eigenvalue weighted by Gasteiger charge is -2.12. The summed E-state index contributed by atoms with van der Waals surface area (Å²) in [6.45, 7) is 12.1. The van der Waals surface area contributed by atoms with Crippen LogP contribution in [0.5, 0.6) is 0 Å². The lowest BCUT2D eigenvalue weighted by Crippen LogP contribution is -2.15. The van der Waals surface area contributed by atoms with Crippen molar-refractivity contribution in [3.05, 3.63) is 190 Å². The van der Waals surface area contributed by atoms with Crippen LogP contribution in [0.2, 0.25) is 0 Å². The fourth-order valence-corrected chi connectivity index (χ4v) is 10.5. The number of aromatic nitrogens is 10. The number of carbonyl (C=O) groups excluding carboxylic acids is 3. The van der Waals surface area contributed by atoms with E-state index in [1.165, 1.54) is 72.0 Å². The number of hydrogen-bond acceptors (Lipinski definition) is 13. The van der Waals surface area contributed by atoms with Gasteiger partial charge in [0.15, 0.2) is 17.1 Å². The molecule has 12 rings (SSSR count). The largest absolute Gasteiger partial charge is 0.330 e. The van der Waals surface area contributed by atoms with Crippen molar-refractivity contribution in [3.63, 3.8) is 0 Å². The van der Waals surface area contributed by atoms with Gasteiger partial charge in [-0.05, 0) is 167 Å². The van der Waals surface area contributed by atoms with Crippen LogP contribution in [-0.4, -0.2) is 67.0 Å². The minimum absolute atomic E-state index is 0.0501. The first-order valence-electron chi connectivity index (χ1n) is 25.4. The number of halogens is 3. The van der Waals surface area contributed by atoms with E-state index >= 15 is 0 Å². The summed E-state index contributed by atoms with van der Waals surface area (Å²) >= 11 is 4.62. The average molecular weight is 1140 g/mol. The molecule has 0 saturated heterocycles. The van der Waals surface area contributed by atoms with Gasteiger partial charge in [0.05, 0.1) is 54.8 Å². The van der Waals surface area contributed by atoms with E-state index in [4.69, 9.17) is 4.98 Å². The van der Waals surface area contributed by atoms with E-state index in [1.54, 1.807) is 56.4 Å². The van der Waals surface area contributed by atoms with Gasteiger partial charge in [0, 0.05) is 40.7 Å². The van der Waals surface area contributed by atoms with Crippen LogP contribution in [0, 0.1) is 17.5 Å². The third-order valence-electron chi connectivity index (χ3n) is 12.4. The monoisotopic (exact) mass is 1140 g/mol. The van der Waals surface area contributed by atoms with Crippen LogP contribution in [0.3, 0.4) is 0 Å². The minimum Gasteiger partial charge on any atom is -0.330 e. The van der Waals surface area contributed by atoms with Gasteiger partial charge in [-0.15, -0.1) is 39.1 Å². The Bertz CT molecular complexity index is 3730. The Balaban J connectivity index is 0.000000136. The van der Waals surface area contributed by atoms with Crippen molar-refractivity contribution < 1.29 is 27.6 Å². The van der Waals surface area contributed by atoms with Gasteiger partial charge in [0.2, 0.25) is 0 Å². The molecule has 3 N–H and O–H groups in total. The highest BCUT2D eigenvalue weighted by atomic mass is 32.1. The van der Waals surface area contributed by atoms with E-state index < -0.39 is 5.91 Å². The quantitative estimate of drug-likeness (QED) is 0.106. The lowest BCUT2D eigenvalue weighted by atomic mass is 10.1. The molecule has 0 spiro atoms. The molecular weight excluding hydrogens is 1090 g/mol. The molecule has 0 bridgehead atoms. The molecule has 0 radical (unpaired) electrons. The smallest absolute Gasteiger partial charge is 0.275 e. The maximum Gasteiger partial charge on any atom is 0.275 e. The minimum atomic E-state index is -0.393. The van der Waals surface area contributed by atoms with Crippen molar-refractivity contribution in [2.75, 3.05) is 16.0 Å². The van der Waals surface area contributed by atoms with Crippen molar-refractivity contribution in [3.8, 4) is 31.8 Å². The highest BCUT2D eigenvalue weighted by molar-refractivity contribution is 7.14. The molecule has 9 aromatic heterocycles. The van der Waals surface area contributed by atoms with Crippen molar-refractivity contribution in [1.82, 2.24) is 49.3 Å². The molecule has 0 fully saturated rings. The van der Waals surface area contributed by atoms with Gasteiger partial charge in [-0.2, -0.15) is 5.10 Å². The zero-order valence-electron chi connectivity index (χ0n) is 44.3. The third-order valence-corrected chi connectivity index (χ3v) is 15.1. The van der Waals surface area contributed by atoms with Gasteiger partial charge in [0.25, 0.3) is 17.7 Å². The summed E-state index contributed by atoms with van der Waals surface area (Å²) in [5.74, 6) is -1.57. The van der Waals surface area contributed by atoms with Gasteiger partial charge in [0.1, 0.15) is 34.3 Å². The number of anilines is 3. The molecular formula is C59H50F3N13O3S3. The molecule has 9 heterocycles. The maximum atomic E-state index is 13.1. The first kappa shape index (κ1) is 55.1. The van der Waals surface area contributed by atoms with Gasteiger partial charge in [-0.1, -0.05) is 23.4 Å². The Hall–Kier alpha value is -9.25. The molecule has 0 aliphatic rings. The molecule has 0 unspecified atom stereocenters. The van der Waals surface area contributed by atoms with E-state index in [-0.39, 0.29) is 53.1 Å². The second-order valence-corrected chi connectivity index (χ2v) is 21.9. The Morgan fingerprint density at radius 2 is 0.975 bits per heavy atom. The molecule has 408 valence electrons. The number of nitrogens with one attached hydrogen (secondary N) is 3. The normalized spacial score (nSPS) is 11.3. The number of carbonyl (C=O) groups is 3. The summed E-state index contributed by atoms with van der Waals surface area (Å²) in [6.07, 6.45) is 3.56. The third kappa shape index (κ3) is 12.3. The molecule has 3 aromatic carbocycles. The number of fused-ring (bicyclic) bond motifs is 3. The van der Waals surface area contributed by atoms with Gasteiger partial charge in [-0.3, -0.25) is 14.4 Å². The molecule has 12 aromatic rings.